The second-order valence-electron chi connectivity index (χ2n) is 6.14. The zero-order valence-electron chi connectivity index (χ0n) is 15.8. The maximum Gasteiger partial charge on any atom is 0.0210 e. The molecule has 3 heteroatoms. The Morgan fingerprint density at radius 3 is 1.14 bits per heavy atom. The Bertz CT molecular complexity index is 837. The third kappa shape index (κ3) is 6.39. The largest absolute Gasteiger partial charge is 0.326 e. The van der Waals surface area contributed by atoms with Crippen LogP contribution in [-0.4, -0.2) is 6.29 Å². The van der Waals surface area contributed by atoms with Gasteiger partial charge < -0.3 is 5.73 Å². The van der Waals surface area contributed by atoms with Crippen molar-refractivity contribution >= 4 is 37.7 Å². The lowest BCUT2D eigenvalue weighted by Gasteiger charge is -2.15. The molecule has 0 heterocycles. The van der Waals surface area contributed by atoms with Crippen molar-refractivity contribution in [3.05, 3.63) is 121 Å². The van der Waals surface area contributed by atoms with Crippen molar-refractivity contribution in [1.29, 1.82) is 0 Å². The van der Waals surface area contributed by atoms with Crippen molar-refractivity contribution < 1.29 is 0 Å². The van der Waals surface area contributed by atoms with Crippen LogP contribution in [0.25, 0.3) is 0 Å². The van der Waals surface area contributed by atoms with E-state index in [0.29, 0.717) is 6.29 Å². The van der Waals surface area contributed by atoms with E-state index in [0.717, 1.165) is 8.58 Å². The average Bonchev–Trinajstić information content (AvgIpc) is 2.78. The molecule has 4 aromatic rings. The summed E-state index contributed by atoms with van der Waals surface area (Å²) in [5, 5.41) is 5.49. The van der Waals surface area contributed by atoms with Gasteiger partial charge in [-0.05, 0) is 29.1 Å². The molecule has 0 saturated carbocycles. The Balaban J connectivity index is 0.000000162. The quantitative estimate of drug-likeness (QED) is 0.495. The van der Waals surface area contributed by atoms with E-state index in [4.69, 9.17) is 5.73 Å². The lowest BCUT2D eigenvalue weighted by molar-refractivity contribution is 1.39. The highest BCUT2D eigenvalue weighted by atomic mass is 31.1. The van der Waals surface area contributed by atoms with Crippen LogP contribution >= 0.6 is 16.5 Å². The molecule has 0 spiro atoms. The fourth-order valence-corrected chi connectivity index (χ4v) is 5.62. The Kier molecular flexibility index (Phi) is 8.41. The molecule has 0 aliphatic rings. The van der Waals surface area contributed by atoms with E-state index in [-0.39, 0.29) is 7.92 Å². The van der Waals surface area contributed by atoms with Gasteiger partial charge in [-0.3, -0.25) is 0 Å². The van der Waals surface area contributed by atoms with E-state index < -0.39 is 0 Å². The molecule has 0 atom stereocenters. The minimum Gasteiger partial charge on any atom is -0.326 e. The van der Waals surface area contributed by atoms with Crippen LogP contribution in [0, 0.1) is 0 Å². The van der Waals surface area contributed by atoms with Crippen LogP contribution in [0.15, 0.2) is 121 Å². The molecule has 140 valence electrons. The van der Waals surface area contributed by atoms with Gasteiger partial charge in [-0.25, -0.2) is 0 Å². The Morgan fingerprint density at radius 1 is 0.500 bits per heavy atom. The molecule has 28 heavy (non-hydrogen) atoms. The predicted octanol–water partition coefficient (Wildman–Crippen LogP) is 4.35. The molecule has 0 aliphatic carbocycles. The molecule has 0 aromatic heterocycles. The summed E-state index contributed by atoms with van der Waals surface area (Å²) in [5.41, 5.74) is 5.87. The van der Waals surface area contributed by atoms with Gasteiger partial charge in [0.25, 0.3) is 0 Å². The summed E-state index contributed by atoms with van der Waals surface area (Å²) in [5.74, 6) is 0. The molecule has 1 nitrogen and oxygen atoms in total. The maximum atomic E-state index is 5.87. The van der Waals surface area contributed by atoms with Gasteiger partial charge in [0.2, 0.25) is 0 Å². The van der Waals surface area contributed by atoms with Crippen molar-refractivity contribution in [3.8, 4) is 0 Å². The second-order valence-corrected chi connectivity index (χ2v) is 9.80. The van der Waals surface area contributed by atoms with Gasteiger partial charge in [0.15, 0.2) is 0 Å². The van der Waals surface area contributed by atoms with Gasteiger partial charge in [-0.1, -0.05) is 130 Å². The molecule has 4 rings (SSSR count). The molecule has 4 aromatic carbocycles. The molecule has 0 saturated heterocycles. The maximum absolute atomic E-state index is 5.87. The normalized spacial score (nSPS) is 10.2. The first-order valence-corrected chi connectivity index (χ1v) is 11.8. The molecule has 0 fully saturated rings. The molecular weight excluding hydrogens is 376 g/mol. The van der Waals surface area contributed by atoms with E-state index in [1.807, 2.05) is 12.1 Å². The van der Waals surface area contributed by atoms with Gasteiger partial charge in [0.1, 0.15) is 0 Å². The molecule has 2 N–H and O–H groups in total. The van der Waals surface area contributed by atoms with E-state index in [9.17, 15) is 0 Å². The fraction of sp³-hybridized carbons (Fsp3) is 0.0400. The van der Waals surface area contributed by atoms with Crippen LogP contribution in [0.1, 0.15) is 0 Å². The van der Waals surface area contributed by atoms with Crippen LogP contribution in [0.2, 0.25) is 0 Å². The predicted molar refractivity (Wildman–Crippen MR) is 129 cm³/mol. The molecule has 0 unspecified atom stereocenters. The number of hydrogen-bond donors (Lipinski definition) is 1. The monoisotopic (exact) mass is 401 g/mol. The molecular formula is C25H25NP2. The first-order chi connectivity index (χ1) is 13.9. The molecule has 0 radical (unpaired) electrons. The van der Waals surface area contributed by atoms with Gasteiger partial charge in [-0.2, -0.15) is 0 Å². The lowest BCUT2D eigenvalue weighted by atomic mass is 10.4. The summed E-state index contributed by atoms with van der Waals surface area (Å²) in [6.07, 6.45) is 0.712. The lowest BCUT2D eigenvalue weighted by Crippen LogP contribution is -2.17. The minimum atomic E-state index is -0.371. The van der Waals surface area contributed by atoms with Crippen molar-refractivity contribution in [3.63, 3.8) is 0 Å². The summed E-state index contributed by atoms with van der Waals surface area (Å²) in [7, 11) is 0.406. The standard InChI is InChI=1S/C13H14NP.C12H11P/c14-11-15(12-7-3-1-4-8-12)13-9-5-2-6-10-13;1-3-7-11(8-4-1)13-12-9-5-2-6-10-12/h1-10H,11,14H2;1-10,13H. The summed E-state index contributed by atoms with van der Waals surface area (Å²) < 4.78 is 0. The first-order valence-electron chi connectivity index (χ1n) is 9.31. The van der Waals surface area contributed by atoms with Crippen LogP contribution in [0.5, 0.6) is 0 Å². The minimum absolute atomic E-state index is 0.371. The van der Waals surface area contributed by atoms with Gasteiger partial charge >= 0.3 is 0 Å². The first kappa shape index (κ1) is 20.4. The highest BCUT2D eigenvalue weighted by Crippen LogP contribution is 2.30. The number of hydrogen-bond acceptors (Lipinski definition) is 1. The highest BCUT2D eigenvalue weighted by Gasteiger charge is 2.09. The fourth-order valence-electron chi connectivity index (χ4n) is 2.79. The van der Waals surface area contributed by atoms with Crippen molar-refractivity contribution in [1.82, 2.24) is 0 Å². The van der Waals surface area contributed by atoms with Crippen LogP contribution in [0.3, 0.4) is 0 Å². The van der Waals surface area contributed by atoms with Gasteiger partial charge in [0.05, 0.1) is 0 Å². The Hall–Kier alpha value is -2.30. The van der Waals surface area contributed by atoms with E-state index in [1.54, 1.807) is 0 Å². The van der Waals surface area contributed by atoms with Gasteiger partial charge in [-0.15, -0.1) is 0 Å². The molecule has 0 bridgehead atoms. The zero-order valence-corrected chi connectivity index (χ0v) is 17.7. The van der Waals surface area contributed by atoms with E-state index >= 15 is 0 Å². The number of nitrogens with two attached hydrogens (primary N) is 1. The summed E-state index contributed by atoms with van der Waals surface area (Å²) in [6, 6.07) is 42.2. The van der Waals surface area contributed by atoms with E-state index in [2.05, 4.69) is 109 Å². The van der Waals surface area contributed by atoms with Crippen molar-refractivity contribution in [2.24, 2.45) is 5.73 Å². The zero-order chi connectivity index (χ0) is 19.4. The topological polar surface area (TPSA) is 26.0 Å². The van der Waals surface area contributed by atoms with Gasteiger partial charge in [0, 0.05) is 6.29 Å². The van der Waals surface area contributed by atoms with Crippen molar-refractivity contribution in [2.75, 3.05) is 6.29 Å². The third-order valence-electron chi connectivity index (χ3n) is 4.15. The van der Waals surface area contributed by atoms with Crippen molar-refractivity contribution in [2.45, 2.75) is 0 Å². The molecule has 0 aliphatic heterocycles. The third-order valence-corrected chi connectivity index (χ3v) is 7.61. The highest BCUT2D eigenvalue weighted by molar-refractivity contribution is 7.72. The van der Waals surface area contributed by atoms with Crippen LogP contribution in [0.4, 0.5) is 0 Å². The number of benzene rings is 4. The Morgan fingerprint density at radius 2 is 0.821 bits per heavy atom. The number of rotatable bonds is 5. The summed E-state index contributed by atoms with van der Waals surface area (Å²) in [6.45, 7) is 0. The summed E-state index contributed by atoms with van der Waals surface area (Å²) in [4.78, 5) is 0. The average molecular weight is 401 g/mol. The smallest absolute Gasteiger partial charge is 0.0210 e. The SMILES string of the molecule is NCP(c1ccccc1)c1ccccc1.c1ccc(Pc2ccccc2)cc1. The van der Waals surface area contributed by atoms with Crippen LogP contribution < -0.4 is 27.0 Å². The summed E-state index contributed by atoms with van der Waals surface area (Å²) >= 11 is 0. The molecule has 0 amide bonds. The van der Waals surface area contributed by atoms with E-state index in [1.165, 1.54) is 21.2 Å². The van der Waals surface area contributed by atoms with Crippen LogP contribution in [-0.2, 0) is 0 Å². The Labute approximate surface area is 171 Å². The second kappa shape index (κ2) is 11.5.